The lowest BCUT2D eigenvalue weighted by Gasteiger charge is -2.38. The summed E-state index contributed by atoms with van der Waals surface area (Å²) < 4.78 is 10.6. The number of fused-ring (bicyclic) bond motifs is 1. The van der Waals surface area contributed by atoms with E-state index in [4.69, 9.17) is 14.5 Å². The lowest BCUT2D eigenvalue weighted by atomic mass is 9.66. The first-order chi connectivity index (χ1) is 15.0. The van der Waals surface area contributed by atoms with Gasteiger partial charge in [-0.15, -0.1) is 0 Å². The van der Waals surface area contributed by atoms with Crippen LogP contribution < -0.4 is 4.74 Å². The van der Waals surface area contributed by atoms with Crippen LogP contribution in [0.15, 0.2) is 70.9 Å². The standard InChI is InChI=1S/C26H27NO4/c1-4-31-20-12-10-18(11-13-20)24-23(26(29)30-3)16(2)27-21-14-19(15-22(28)25(21)24)17-8-6-5-7-9-17/h5-13,19,24-25H,4,14-15H2,1-3H3/t19-,24-,25?/m0/s1. The van der Waals surface area contributed by atoms with E-state index in [0.717, 1.165) is 22.6 Å². The number of carbonyl (C=O) groups excluding carboxylic acids is 2. The van der Waals surface area contributed by atoms with Crippen LogP contribution in [0.5, 0.6) is 5.75 Å². The molecule has 0 amide bonds. The molecule has 31 heavy (non-hydrogen) atoms. The number of methoxy groups -OCH3 is 1. The number of esters is 1. The highest BCUT2D eigenvalue weighted by molar-refractivity contribution is 6.12. The minimum atomic E-state index is -0.448. The van der Waals surface area contributed by atoms with Crippen molar-refractivity contribution in [3.63, 3.8) is 0 Å². The van der Waals surface area contributed by atoms with Crippen molar-refractivity contribution in [3.8, 4) is 5.75 Å². The van der Waals surface area contributed by atoms with Gasteiger partial charge < -0.3 is 9.47 Å². The summed E-state index contributed by atoms with van der Waals surface area (Å²) in [6.07, 6.45) is 1.15. The second kappa shape index (κ2) is 8.88. The molecule has 0 N–H and O–H groups in total. The first kappa shape index (κ1) is 21.0. The van der Waals surface area contributed by atoms with Crippen molar-refractivity contribution < 1.29 is 19.1 Å². The van der Waals surface area contributed by atoms with Gasteiger partial charge in [-0.1, -0.05) is 42.5 Å². The van der Waals surface area contributed by atoms with Gasteiger partial charge in [-0.3, -0.25) is 9.79 Å². The maximum absolute atomic E-state index is 13.4. The monoisotopic (exact) mass is 417 g/mol. The van der Waals surface area contributed by atoms with Crippen LogP contribution in [-0.4, -0.2) is 31.2 Å². The molecular weight excluding hydrogens is 390 g/mol. The van der Waals surface area contributed by atoms with Gasteiger partial charge in [0.25, 0.3) is 0 Å². The van der Waals surface area contributed by atoms with E-state index in [1.54, 1.807) is 0 Å². The average Bonchev–Trinajstić information content (AvgIpc) is 2.79. The fourth-order valence-electron chi connectivity index (χ4n) is 4.81. The van der Waals surface area contributed by atoms with E-state index in [1.807, 2.05) is 56.3 Å². The predicted molar refractivity (Wildman–Crippen MR) is 119 cm³/mol. The number of rotatable bonds is 5. The predicted octanol–water partition coefficient (Wildman–Crippen LogP) is 4.83. The minimum absolute atomic E-state index is 0.108. The van der Waals surface area contributed by atoms with Crippen molar-refractivity contribution in [1.82, 2.24) is 0 Å². The van der Waals surface area contributed by atoms with Crippen molar-refractivity contribution in [2.75, 3.05) is 13.7 Å². The number of ether oxygens (including phenoxy) is 2. The third-order valence-corrected chi connectivity index (χ3v) is 6.18. The van der Waals surface area contributed by atoms with Crippen molar-refractivity contribution in [3.05, 3.63) is 77.0 Å². The number of aliphatic imine (C=N–C) groups is 1. The molecular formula is C26H27NO4. The number of carbonyl (C=O) groups is 2. The Bertz CT molecular complexity index is 1040. The Kier molecular flexibility index (Phi) is 6.03. The molecule has 4 rings (SSSR count). The second-order valence-electron chi connectivity index (χ2n) is 8.03. The number of benzene rings is 2. The molecule has 0 radical (unpaired) electrons. The zero-order valence-electron chi connectivity index (χ0n) is 18.1. The maximum atomic E-state index is 13.4. The van der Waals surface area contributed by atoms with Gasteiger partial charge in [-0.05, 0) is 49.4 Å². The van der Waals surface area contributed by atoms with E-state index in [2.05, 4.69) is 12.1 Å². The van der Waals surface area contributed by atoms with Crippen LogP contribution in [0.4, 0.5) is 0 Å². The Morgan fingerprint density at radius 3 is 2.35 bits per heavy atom. The molecule has 0 spiro atoms. The molecule has 1 heterocycles. The first-order valence-corrected chi connectivity index (χ1v) is 10.7. The Labute approximate surface area is 182 Å². The average molecular weight is 418 g/mol. The number of Topliss-reactive ketones (excluding diaryl/α,β-unsaturated/α-hetero) is 1. The summed E-state index contributed by atoms with van der Waals surface area (Å²) in [5.74, 6) is -0.299. The molecule has 2 aromatic rings. The van der Waals surface area contributed by atoms with E-state index in [0.29, 0.717) is 30.7 Å². The molecule has 1 aliphatic heterocycles. The van der Waals surface area contributed by atoms with E-state index in [9.17, 15) is 9.59 Å². The molecule has 0 saturated heterocycles. The zero-order chi connectivity index (χ0) is 22.0. The van der Waals surface area contributed by atoms with E-state index < -0.39 is 17.8 Å². The summed E-state index contributed by atoms with van der Waals surface area (Å²) in [7, 11) is 1.37. The quantitative estimate of drug-likeness (QED) is 0.654. The molecule has 0 bridgehead atoms. The van der Waals surface area contributed by atoms with E-state index in [-0.39, 0.29) is 11.7 Å². The molecule has 2 aliphatic rings. The van der Waals surface area contributed by atoms with Crippen molar-refractivity contribution in [2.24, 2.45) is 10.9 Å². The van der Waals surface area contributed by atoms with Crippen LogP contribution in [0.3, 0.4) is 0 Å². The van der Waals surface area contributed by atoms with E-state index >= 15 is 0 Å². The number of hydrogen-bond donors (Lipinski definition) is 0. The van der Waals surface area contributed by atoms with Crippen LogP contribution >= 0.6 is 0 Å². The Balaban J connectivity index is 1.76. The largest absolute Gasteiger partial charge is 0.494 e. The molecule has 3 atom stereocenters. The summed E-state index contributed by atoms with van der Waals surface area (Å²) in [5.41, 5.74) is 3.99. The van der Waals surface area contributed by atoms with Gasteiger partial charge in [0, 0.05) is 23.7 Å². The number of ketones is 1. The van der Waals surface area contributed by atoms with Gasteiger partial charge in [0.2, 0.25) is 0 Å². The highest BCUT2D eigenvalue weighted by atomic mass is 16.5. The second-order valence-corrected chi connectivity index (χ2v) is 8.03. The molecule has 0 aromatic heterocycles. The number of nitrogens with zero attached hydrogens (tertiary/aromatic N) is 1. The SMILES string of the molecule is CCOc1ccc([C@H]2C(C(=O)OC)=C(C)N=C3C[C@H](c4ccccc4)CC(=O)C32)cc1. The Hall–Kier alpha value is -3.21. The van der Waals surface area contributed by atoms with Crippen molar-refractivity contribution in [2.45, 2.75) is 38.5 Å². The van der Waals surface area contributed by atoms with Gasteiger partial charge in [0.1, 0.15) is 11.5 Å². The van der Waals surface area contributed by atoms with Gasteiger partial charge in [0.05, 0.1) is 25.2 Å². The first-order valence-electron chi connectivity index (χ1n) is 10.7. The summed E-state index contributed by atoms with van der Waals surface area (Å²) in [4.78, 5) is 30.9. The van der Waals surface area contributed by atoms with Gasteiger partial charge in [0.15, 0.2) is 0 Å². The molecule has 1 unspecified atom stereocenters. The van der Waals surface area contributed by atoms with Crippen LogP contribution in [-0.2, 0) is 14.3 Å². The van der Waals surface area contributed by atoms with Crippen molar-refractivity contribution >= 4 is 17.5 Å². The molecule has 160 valence electrons. The normalized spacial score (nSPS) is 23.1. The molecule has 1 saturated carbocycles. The Morgan fingerprint density at radius 1 is 1.00 bits per heavy atom. The summed E-state index contributed by atoms with van der Waals surface area (Å²) in [5, 5.41) is 0. The lowest BCUT2D eigenvalue weighted by Crippen LogP contribution is -2.41. The Morgan fingerprint density at radius 2 is 1.71 bits per heavy atom. The molecule has 5 heteroatoms. The maximum Gasteiger partial charge on any atom is 0.336 e. The lowest BCUT2D eigenvalue weighted by molar-refractivity contribution is -0.136. The number of allylic oxidation sites excluding steroid dienone is 1. The third-order valence-electron chi connectivity index (χ3n) is 6.18. The molecule has 1 aliphatic carbocycles. The van der Waals surface area contributed by atoms with Crippen molar-refractivity contribution in [1.29, 1.82) is 0 Å². The van der Waals surface area contributed by atoms with E-state index in [1.165, 1.54) is 7.11 Å². The van der Waals surface area contributed by atoms with Gasteiger partial charge in [-0.25, -0.2) is 4.79 Å². The topological polar surface area (TPSA) is 65.0 Å². The fraction of sp³-hybridized carbons (Fsp3) is 0.346. The molecule has 2 aromatic carbocycles. The highest BCUT2D eigenvalue weighted by Gasteiger charge is 2.45. The van der Waals surface area contributed by atoms with Crippen LogP contribution in [0, 0.1) is 5.92 Å². The third kappa shape index (κ3) is 4.05. The molecule has 1 fully saturated rings. The van der Waals surface area contributed by atoms with Gasteiger partial charge in [-0.2, -0.15) is 0 Å². The summed E-state index contributed by atoms with van der Waals surface area (Å²) in [6, 6.07) is 17.7. The van der Waals surface area contributed by atoms with Gasteiger partial charge >= 0.3 is 5.97 Å². The zero-order valence-corrected chi connectivity index (χ0v) is 18.1. The smallest absolute Gasteiger partial charge is 0.336 e. The van der Waals surface area contributed by atoms with Crippen LogP contribution in [0.25, 0.3) is 0 Å². The minimum Gasteiger partial charge on any atom is -0.494 e. The summed E-state index contributed by atoms with van der Waals surface area (Å²) in [6.45, 7) is 4.34. The summed E-state index contributed by atoms with van der Waals surface area (Å²) >= 11 is 0. The highest BCUT2D eigenvalue weighted by Crippen LogP contribution is 2.46. The fourth-order valence-corrected chi connectivity index (χ4v) is 4.81. The van der Waals surface area contributed by atoms with Crippen LogP contribution in [0.1, 0.15) is 49.7 Å². The van der Waals surface area contributed by atoms with Crippen LogP contribution in [0.2, 0.25) is 0 Å². The molecule has 5 nitrogen and oxygen atoms in total. The number of hydrogen-bond acceptors (Lipinski definition) is 5.